The Kier molecular flexibility index (Phi) is 7.73. The van der Waals surface area contributed by atoms with E-state index in [1.807, 2.05) is 24.4 Å². The molecule has 2 aromatic heterocycles. The molecule has 0 spiro atoms. The Hall–Kier alpha value is -4.22. The van der Waals surface area contributed by atoms with Crippen LogP contribution in [0.25, 0.3) is 22.3 Å². The van der Waals surface area contributed by atoms with Gasteiger partial charge in [0.15, 0.2) is 0 Å². The zero-order valence-corrected chi connectivity index (χ0v) is 23.1. The van der Waals surface area contributed by atoms with Gasteiger partial charge in [0.2, 0.25) is 5.91 Å². The first-order chi connectivity index (χ1) is 19.7. The second-order valence-corrected chi connectivity index (χ2v) is 10.7. The van der Waals surface area contributed by atoms with Gasteiger partial charge in [-0.05, 0) is 60.7 Å². The monoisotopic (exact) mass is 528 g/mol. The largest absolute Gasteiger partial charge is 0.353 e. The van der Waals surface area contributed by atoms with Crippen LogP contribution < -0.4 is 0 Å². The number of nitrogens with zero attached hydrogens (tertiary/aromatic N) is 3. The van der Waals surface area contributed by atoms with Crippen molar-refractivity contribution in [1.82, 2.24) is 19.8 Å². The molecule has 0 unspecified atom stereocenters. The molecule has 1 fully saturated rings. The molecule has 0 saturated carbocycles. The standard InChI is InChI=1S/C35H36N4O/c1-26-18-19-31-30(25-26)29(34(37-31)32-16-8-9-20-36-32)15-10-17-33(40)38-21-23-39(24-22-38)35(27-11-4-2-5-12-27)28-13-6-3-7-14-28/h2-9,11-14,16,18-20,25,35,37H,10,15,17,21-24H2,1H3. The molecule has 1 amide bonds. The maximum Gasteiger partial charge on any atom is 0.222 e. The molecule has 1 N–H and O–H groups in total. The summed E-state index contributed by atoms with van der Waals surface area (Å²) in [4.78, 5) is 26.1. The van der Waals surface area contributed by atoms with E-state index in [-0.39, 0.29) is 11.9 Å². The number of nitrogens with one attached hydrogen (secondary N) is 1. The fourth-order valence-corrected chi connectivity index (χ4v) is 6.04. The van der Waals surface area contributed by atoms with Crippen LogP contribution in [0, 0.1) is 6.92 Å². The highest BCUT2D eigenvalue weighted by atomic mass is 16.2. The van der Waals surface area contributed by atoms with Crippen LogP contribution in [-0.2, 0) is 11.2 Å². The number of carbonyl (C=O) groups is 1. The van der Waals surface area contributed by atoms with E-state index in [9.17, 15) is 4.79 Å². The Morgan fingerprint density at radius 3 is 2.17 bits per heavy atom. The van der Waals surface area contributed by atoms with Crippen LogP contribution in [0.15, 0.2) is 103 Å². The molecule has 6 rings (SSSR count). The highest BCUT2D eigenvalue weighted by molar-refractivity contribution is 5.90. The number of benzene rings is 3. The van der Waals surface area contributed by atoms with Crippen molar-refractivity contribution in [2.75, 3.05) is 26.2 Å². The molecule has 40 heavy (non-hydrogen) atoms. The molecule has 1 aliphatic rings. The zero-order chi connectivity index (χ0) is 27.3. The average Bonchev–Trinajstić information content (AvgIpc) is 3.36. The van der Waals surface area contributed by atoms with Crippen molar-refractivity contribution < 1.29 is 4.79 Å². The van der Waals surface area contributed by atoms with E-state index in [0.717, 1.165) is 55.9 Å². The summed E-state index contributed by atoms with van der Waals surface area (Å²) in [6, 6.07) is 34.1. The Bertz CT molecular complexity index is 1520. The summed E-state index contributed by atoms with van der Waals surface area (Å²) >= 11 is 0. The fourth-order valence-electron chi connectivity index (χ4n) is 6.04. The molecule has 0 aliphatic carbocycles. The minimum absolute atomic E-state index is 0.204. The van der Waals surface area contributed by atoms with Crippen LogP contribution in [0.2, 0.25) is 0 Å². The first-order valence-electron chi connectivity index (χ1n) is 14.3. The van der Waals surface area contributed by atoms with Gasteiger partial charge in [-0.2, -0.15) is 0 Å². The SMILES string of the molecule is Cc1ccc2[nH]c(-c3ccccn3)c(CCCC(=O)N3CCN(C(c4ccccc4)c4ccccc4)CC3)c2c1. The van der Waals surface area contributed by atoms with Gasteiger partial charge in [-0.15, -0.1) is 0 Å². The van der Waals surface area contributed by atoms with Crippen molar-refractivity contribution in [3.05, 3.63) is 126 Å². The highest BCUT2D eigenvalue weighted by Gasteiger charge is 2.28. The third kappa shape index (κ3) is 5.56. The number of H-pyrrole nitrogens is 1. The summed E-state index contributed by atoms with van der Waals surface area (Å²) in [5.41, 5.74) is 8.21. The number of aryl methyl sites for hydroxylation is 2. The number of carbonyl (C=O) groups excluding carboxylic acids is 1. The van der Waals surface area contributed by atoms with E-state index < -0.39 is 0 Å². The Morgan fingerprint density at radius 2 is 1.52 bits per heavy atom. The van der Waals surface area contributed by atoms with Gasteiger partial charge >= 0.3 is 0 Å². The third-order valence-electron chi connectivity index (χ3n) is 8.06. The summed E-state index contributed by atoms with van der Waals surface area (Å²) in [5.74, 6) is 0.256. The second-order valence-electron chi connectivity index (χ2n) is 10.7. The van der Waals surface area contributed by atoms with E-state index in [0.29, 0.717) is 6.42 Å². The molecule has 5 heteroatoms. The van der Waals surface area contributed by atoms with E-state index in [1.54, 1.807) is 0 Å². The van der Waals surface area contributed by atoms with Gasteiger partial charge < -0.3 is 9.88 Å². The number of pyridine rings is 1. The first-order valence-corrected chi connectivity index (χ1v) is 14.3. The Labute approximate surface area is 236 Å². The smallest absolute Gasteiger partial charge is 0.222 e. The summed E-state index contributed by atoms with van der Waals surface area (Å²) in [5, 5.41) is 1.23. The number of hydrogen-bond donors (Lipinski definition) is 1. The number of rotatable bonds is 8. The Balaban J connectivity index is 1.11. The molecular weight excluding hydrogens is 492 g/mol. The third-order valence-corrected chi connectivity index (χ3v) is 8.06. The van der Waals surface area contributed by atoms with E-state index >= 15 is 0 Å². The lowest BCUT2D eigenvalue weighted by atomic mass is 9.96. The van der Waals surface area contributed by atoms with Crippen molar-refractivity contribution in [2.24, 2.45) is 0 Å². The van der Waals surface area contributed by atoms with Gasteiger partial charge in [-0.1, -0.05) is 78.4 Å². The van der Waals surface area contributed by atoms with Crippen LogP contribution in [-0.4, -0.2) is 51.9 Å². The molecule has 5 nitrogen and oxygen atoms in total. The average molecular weight is 529 g/mol. The van der Waals surface area contributed by atoms with E-state index in [1.165, 1.54) is 27.6 Å². The van der Waals surface area contributed by atoms with Gasteiger partial charge in [0.1, 0.15) is 0 Å². The molecule has 0 bridgehead atoms. The maximum atomic E-state index is 13.3. The first kappa shape index (κ1) is 26.0. The normalized spacial score (nSPS) is 14.2. The summed E-state index contributed by atoms with van der Waals surface area (Å²) in [6.45, 7) is 5.39. The minimum atomic E-state index is 0.204. The molecule has 202 valence electrons. The molecule has 1 aliphatic heterocycles. The minimum Gasteiger partial charge on any atom is -0.353 e. The van der Waals surface area contributed by atoms with Gasteiger partial charge in [-0.25, -0.2) is 0 Å². The van der Waals surface area contributed by atoms with Gasteiger partial charge in [0.05, 0.1) is 17.4 Å². The second kappa shape index (κ2) is 11.9. The zero-order valence-electron chi connectivity index (χ0n) is 23.1. The van der Waals surface area contributed by atoms with Crippen LogP contribution in [0.4, 0.5) is 0 Å². The summed E-state index contributed by atoms with van der Waals surface area (Å²) in [6.07, 6.45) is 4.04. The predicted octanol–water partition coefficient (Wildman–Crippen LogP) is 6.79. The summed E-state index contributed by atoms with van der Waals surface area (Å²) in [7, 11) is 0. The van der Waals surface area contributed by atoms with Crippen molar-refractivity contribution in [2.45, 2.75) is 32.2 Å². The topological polar surface area (TPSA) is 52.2 Å². The maximum absolute atomic E-state index is 13.3. The van der Waals surface area contributed by atoms with E-state index in [4.69, 9.17) is 0 Å². The highest BCUT2D eigenvalue weighted by Crippen LogP contribution is 2.32. The number of amides is 1. The lowest BCUT2D eigenvalue weighted by Crippen LogP contribution is -2.49. The number of aromatic nitrogens is 2. The molecule has 1 saturated heterocycles. The molecular formula is C35H36N4O. The molecule has 5 aromatic rings. The Morgan fingerprint density at radius 1 is 0.850 bits per heavy atom. The van der Waals surface area contributed by atoms with Crippen molar-refractivity contribution in [3.63, 3.8) is 0 Å². The van der Waals surface area contributed by atoms with Crippen molar-refractivity contribution in [3.8, 4) is 11.4 Å². The number of hydrogen-bond acceptors (Lipinski definition) is 3. The van der Waals surface area contributed by atoms with Gasteiger partial charge in [-0.3, -0.25) is 14.7 Å². The molecule has 0 atom stereocenters. The van der Waals surface area contributed by atoms with Gasteiger partial charge in [0, 0.05) is 49.7 Å². The molecule has 3 heterocycles. The summed E-state index contributed by atoms with van der Waals surface area (Å²) < 4.78 is 0. The van der Waals surface area contributed by atoms with Crippen molar-refractivity contribution >= 4 is 16.8 Å². The number of piperazine rings is 1. The van der Waals surface area contributed by atoms with Crippen LogP contribution in [0.5, 0.6) is 0 Å². The number of fused-ring (bicyclic) bond motifs is 1. The van der Waals surface area contributed by atoms with Crippen LogP contribution >= 0.6 is 0 Å². The predicted molar refractivity (Wildman–Crippen MR) is 162 cm³/mol. The molecule has 0 radical (unpaired) electrons. The van der Waals surface area contributed by atoms with Gasteiger partial charge in [0.25, 0.3) is 0 Å². The number of aromatic amines is 1. The molecule has 3 aromatic carbocycles. The van der Waals surface area contributed by atoms with Crippen molar-refractivity contribution in [1.29, 1.82) is 0 Å². The quantitative estimate of drug-likeness (QED) is 0.241. The fraction of sp³-hybridized carbons (Fsp3) is 0.257. The van der Waals surface area contributed by atoms with Crippen LogP contribution in [0.1, 0.15) is 41.1 Å². The lowest BCUT2D eigenvalue weighted by Gasteiger charge is -2.40. The van der Waals surface area contributed by atoms with Crippen LogP contribution in [0.3, 0.4) is 0 Å². The van der Waals surface area contributed by atoms with E-state index in [2.05, 4.69) is 106 Å². The lowest BCUT2D eigenvalue weighted by molar-refractivity contribution is -0.133.